The second kappa shape index (κ2) is 6.04. The van der Waals surface area contributed by atoms with Crippen molar-refractivity contribution in [2.45, 2.75) is 33.2 Å². The molecule has 2 aromatic rings. The molecule has 0 aromatic carbocycles. The number of carbonyl (C=O) groups is 1. The lowest BCUT2D eigenvalue weighted by atomic mass is 10.1. The summed E-state index contributed by atoms with van der Waals surface area (Å²) in [6, 6.07) is 2.12. The quantitative estimate of drug-likeness (QED) is 0.939. The molecule has 118 valence electrons. The summed E-state index contributed by atoms with van der Waals surface area (Å²) in [6.07, 6.45) is 2.78. The summed E-state index contributed by atoms with van der Waals surface area (Å²) in [6.45, 7) is 8.17. The zero-order chi connectivity index (χ0) is 15.7. The van der Waals surface area contributed by atoms with Crippen molar-refractivity contribution in [1.82, 2.24) is 20.1 Å². The summed E-state index contributed by atoms with van der Waals surface area (Å²) < 4.78 is 7.20. The summed E-state index contributed by atoms with van der Waals surface area (Å²) in [4.78, 5) is 17.0. The number of hydrogen-bond donors (Lipinski definition) is 1. The number of hydrogen-bond acceptors (Lipinski definition) is 4. The van der Waals surface area contributed by atoms with E-state index in [1.54, 1.807) is 6.20 Å². The Balaban J connectivity index is 1.80. The van der Waals surface area contributed by atoms with Gasteiger partial charge in [-0.1, -0.05) is 0 Å². The van der Waals surface area contributed by atoms with Crippen LogP contribution in [0.5, 0.6) is 0 Å². The average Bonchev–Trinajstić information content (AvgIpc) is 3.12. The predicted molar refractivity (Wildman–Crippen MR) is 83.9 cm³/mol. The van der Waals surface area contributed by atoms with E-state index in [1.807, 2.05) is 17.7 Å². The molecule has 1 fully saturated rings. The Bertz CT molecular complexity index is 687. The van der Waals surface area contributed by atoms with Crippen molar-refractivity contribution in [1.29, 1.82) is 0 Å². The summed E-state index contributed by atoms with van der Waals surface area (Å²) in [5.41, 5.74) is 2.18. The van der Waals surface area contributed by atoms with Crippen molar-refractivity contribution < 1.29 is 9.53 Å². The van der Waals surface area contributed by atoms with Gasteiger partial charge in [0.05, 0.1) is 24.1 Å². The SMILES string of the molecule is Cc1nc2c(cnn2C(C)C)cc1C(=O)NC[C@H]1CCOC1. The Morgan fingerprint density at radius 1 is 1.55 bits per heavy atom. The van der Waals surface area contributed by atoms with Crippen LogP contribution in [0.2, 0.25) is 0 Å². The van der Waals surface area contributed by atoms with Gasteiger partial charge in [-0.2, -0.15) is 5.10 Å². The lowest BCUT2D eigenvalue weighted by Crippen LogP contribution is -2.30. The first-order chi connectivity index (χ1) is 10.6. The smallest absolute Gasteiger partial charge is 0.253 e. The fourth-order valence-corrected chi connectivity index (χ4v) is 2.75. The molecule has 0 radical (unpaired) electrons. The van der Waals surface area contributed by atoms with E-state index < -0.39 is 0 Å². The van der Waals surface area contributed by atoms with E-state index >= 15 is 0 Å². The van der Waals surface area contributed by atoms with Gasteiger partial charge in [0.2, 0.25) is 0 Å². The van der Waals surface area contributed by atoms with Crippen LogP contribution in [0.4, 0.5) is 0 Å². The fraction of sp³-hybridized carbons (Fsp3) is 0.562. The van der Waals surface area contributed by atoms with Crippen molar-refractivity contribution in [3.63, 3.8) is 0 Å². The molecule has 1 amide bonds. The molecule has 6 nitrogen and oxygen atoms in total. The van der Waals surface area contributed by atoms with Gasteiger partial charge in [0.1, 0.15) is 0 Å². The Morgan fingerprint density at radius 3 is 3.05 bits per heavy atom. The van der Waals surface area contributed by atoms with Crippen molar-refractivity contribution in [3.8, 4) is 0 Å². The highest BCUT2D eigenvalue weighted by atomic mass is 16.5. The zero-order valence-corrected chi connectivity index (χ0v) is 13.3. The molecule has 1 saturated heterocycles. The molecule has 0 saturated carbocycles. The third-order valence-corrected chi connectivity index (χ3v) is 4.07. The summed E-state index contributed by atoms with van der Waals surface area (Å²) >= 11 is 0. The third kappa shape index (κ3) is 2.83. The Labute approximate surface area is 129 Å². The molecule has 6 heteroatoms. The molecular formula is C16H22N4O2. The summed E-state index contributed by atoms with van der Waals surface area (Å²) in [5, 5.41) is 8.24. The number of nitrogens with zero attached hydrogens (tertiary/aromatic N) is 3. The highest BCUT2D eigenvalue weighted by molar-refractivity contribution is 5.98. The minimum absolute atomic E-state index is 0.0731. The van der Waals surface area contributed by atoms with Crippen LogP contribution in [-0.4, -0.2) is 40.4 Å². The maximum absolute atomic E-state index is 12.4. The Morgan fingerprint density at radius 2 is 2.36 bits per heavy atom. The number of aromatic nitrogens is 3. The molecule has 1 atom stereocenters. The van der Waals surface area contributed by atoms with Gasteiger partial charge in [0.15, 0.2) is 5.65 Å². The number of rotatable bonds is 4. The minimum Gasteiger partial charge on any atom is -0.381 e. The molecule has 22 heavy (non-hydrogen) atoms. The van der Waals surface area contributed by atoms with Gasteiger partial charge in [-0.15, -0.1) is 0 Å². The number of fused-ring (bicyclic) bond motifs is 1. The molecule has 2 aromatic heterocycles. The van der Waals surface area contributed by atoms with Gasteiger partial charge in [0, 0.05) is 30.5 Å². The van der Waals surface area contributed by atoms with Crippen LogP contribution in [0, 0.1) is 12.8 Å². The molecule has 1 N–H and O–H groups in total. The minimum atomic E-state index is -0.0731. The summed E-state index contributed by atoms with van der Waals surface area (Å²) in [5.74, 6) is 0.348. The van der Waals surface area contributed by atoms with Gasteiger partial charge in [-0.3, -0.25) is 4.79 Å². The van der Waals surface area contributed by atoms with Crippen molar-refractivity contribution in [2.24, 2.45) is 5.92 Å². The Kier molecular flexibility index (Phi) is 4.11. The second-order valence-electron chi connectivity index (χ2n) is 6.16. The predicted octanol–water partition coefficient (Wildman–Crippen LogP) is 2.09. The zero-order valence-electron chi connectivity index (χ0n) is 13.3. The van der Waals surface area contributed by atoms with Crippen molar-refractivity contribution in [2.75, 3.05) is 19.8 Å². The monoisotopic (exact) mass is 302 g/mol. The highest BCUT2D eigenvalue weighted by Gasteiger charge is 2.19. The van der Waals surface area contributed by atoms with Crippen LogP contribution in [-0.2, 0) is 4.74 Å². The molecular weight excluding hydrogens is 280 g/mol. The first kappa shape index (κ1) is 15.0. The maximum Gasteiger partial charge on any atom is 0.253 e. The topological polar surface area (TPSA) is 69.0 Å². The molecule has 1 aliphatic rings. The standard InChI is InChI=1S/C16H22N4O2/c1-10(2)20-15-13(8-18-20)6-14(11(3)19-15)16(21)17-7-12-4-5-22-9-12/h6,8,10,12H,4-5,7,9H2,1-3H3,(H,17,21)/t12-/m1/s1. The number of ether oxygens (including phenoxy) is 1. The Hall–Kier alpha value is -1.95. The number of carbonyl (C=O) groups excluding carboxylic acids is 1. The fourth-order valence-electron chi connectivity index (χ4n) is 2.75. The first-order valence-corrected chi connectivity index (χ1v) is 7.77. The molecule has 1 aliphatic heterocycles. The van der Waals surface area contributed by atoms with Crippen molar-refractivity contribution >= 4 is 16.9 Å². The number of pyridine rings is 1. The average molecular weight is 302 g/mol. The largest absolute Gasteiger partial charge is 0.381 e. The van der Waals surface area contributed by atoms with Gasteiger partial charge in [-0.25, -0.2) is 9.67 Å². The lowest BCUT2D eigenvalue weighted by Gasteiger charge is -2.11. The summed E-state index contributed by atoms with van der Waals surface area (Å²) in [7, 11) is 0. The van der Waals surface area contributed by atoms with E-state index in [0.717, 1.165) is 36.4 Å². The van der Waals surface area contributed by atoms with Crippen LogP contribution in [0.1, 0.15) is 42.4 Å². The number of aryl methyl sites for hydroxylation is 1. The van der Waals surface area contributed by atoms with Gasteiger partial charge in [-0.05, 0) is 33.3 Å². The number of amides is 1. The molecule has 0 unspecified atom stereocenters. The maximum atomic E-state index is 12.4. The lowest BCUT2D eigenvalue weighted by molar-refractivity contribution is 0.0944. The molecule has 0 bridgehead atoms. The molecule has 0 spiro atoms. The molecule has 0 aliphatic carbocycles. The molecule has 3 rings (SSSR count). The van der Waals surface area contributed by atoms with Crippen LogP contribution in [0.25, 0.3) is 11.0 Å². The third-order valence-electron chi connectivity index (χ3n) is 4.07. The van der Waals surface area contributed by atoms with Gasteiger partial charge in [0.25, 0.3) is 5.91 Å². The van der Waals surface area contributed by atoms with E-state index in [4.69, 9.17) is 4.74 Å². The van der Waals surface area contributed by atoms with E-state index in [0.29, 0.717) is 18.0 Å². The normalized spacial score (nSPS) is 18.3. The van der Waals surface area contributed by atoms with E-state index in [2.05, 4.69) is 29.2 Å². The second-order valence-corrected chi connectivity index (χ2v) is 6.16. The van der Waals surface area contributed by atoms with E-state index in [1.165, 1.54) is 0 Å². The van der Waals surface area contributed by atoms with Crippen LogP contribution in [0.3, 0.4) is 0 Å². The van der Waals surface area contributed by atoms with Crippen LogP contribution in [0.15, 0.2) is 12.3 Å². The van der Waals surface area contributed by atoms with Crippen molar-refractivity contribution in [3.05, 3.63) is 23.5 Å². The number of nitrogens with one attached hydrogen (secondary N) is 1. The van der Waals surface area contributed by atoms with E-state index in [-0.39, 0.29) is 11.9 Å². The van der Waals surface area contributed by atoms with Gasteiger partial charge < -0.3 is 10.1 Å². The highest BCUT2D eigenvalue weighted by Crippen LogP contribution is 2.19. The van der Waals surface area contributed by atoms with Gasteiger partial charge >= 0.3 is 0 Å². The first-order valence-electron chi connectivity index (χ1n) is 7.77. The van der Waals surface area contributed by atoms with Crippen LogP contribution < -0.4 is 5.32 Å². The molecule has 3 heterocycles. The van der Waals surface area contributed by atoms with E-state index in [9.17, 15) is 4.79 Å². The van der Waals surface area contributed by atoms with Crippen LogP contribution >= 0.6 is 0 Å².